The number of likely N-dealkylation sites (N-methyl/N-ethyl adjacent to an activating group) is 1. The number of nitrogens with zero attached hydrogens (tertiary/aromatic N) is 1. The summed E-state index contributed by atoms with van der Waals surface area (Å²) in [5.41, 5.74) is 0. The molecule has 8 heteroatoms. The highest BCUT2D eigenvalue weighted by Crippen LogP contribution is 2.15. The highest BCUT2D eigenvalue weighted by molar-refractivity contribution is 5.72. The third-order valence-electron chi connectivity index (χ3n) is 11.2. The maximum Gasteiger partial charge on any atom is 0.362 e. The van der Waals surface area contributed by atoms with E-state index >= 15 is 0 Å². The molecular formula is C54H96NO7+. The van der Waals surface area contributed by atoms with E-state index in [0.717, 1.165) is 70.6 Å². The molecule has 0 amide bonds. The van der Waals surface area contributed by atoms with Gasteiger partial charge >= 0.3 is 17.9 Å². The molecule has 8 nitrogen and oxygen atoms in total. The van der Waals surface area contributed by atoms with Gasteiger partial charge in [-0.1, -0.05) is 184 Å². The maximum atomic E-state index is 12.8. The molecule has 2 atom stereocenters. The summed E-state index contributed by atoms with van der Waals surface area (Å²) < 4.78 is 17.3. The van der Waals surface area contributed by atoms with E-state index in [1.807, 2.05) is 21.1 Å². The maximum absolute atomic E-state index is 12.8. The number of carboxylic acid groups (broad SMARTS) is 1. The molecule has 0 aliphatic carbocycles. The second-order valence-corrected chi connectivity index (χ2v) is 18.1. The molecule has 0 fully saturated rings. The number of rotatable bonds is 45. The zero-order chi connectivity index (χ0) is 45.6. The number of esters is 2. The molecule has 62 heavy (non-hydrogen) atoms. The van der Waals surface area contributed by atoms with Gasteiger partial charge in [0.05, 0.1) is 34.4 Å². The van der Waals surface area contributed by atoms with Crippen LogP contribution in [0.3, 0.4) is 0 Å². The summed E-state index contributed by atoms with van der Waals surface area (Å²) in [6.45, 7) is 4.60. The van der Waals surface area contributed by atoms with Crippen molar-refractivity contribution in [1.82, 2.24) is 0 Å². The van der Waals surface area contributed by atoms with Gasteiger partial charge in [-0.2, -0.15) is 0 Å². The van der Waals surface area contributed by atoms with Crippen molar-refractivity contribution >= 4 is 17.9 Å². The first-order valence-electron chi connectivity index (χ1n) is 25.3. The lowest BCUT2D eigenvalue weighted by Gasteiger charge is -2.31. The Bertz CT molecular complexity index is 1200. The summed E-state index contributed by atoms with van der Waals surface area (Å²) in [5, 5.41) is 9.65. The molecule has 0 aliphatic heterocycles. The minimum Gasteiger partial charge on any atom is -0.477 e. The number of carboxylic acids is 1. The Morgan fingerprint density at radius 3 is 1.44 bits per heavy atom. The second-order valence-electron chi connectivity index (χ2n) is 18.1. The predicted molar refractivity (Wildman–Crippen MR) is 261 cm³/mol. The van der Waals surface area contributed by atoms with Crippen LogP contribution >= 0.6 is 0 Å². The summed E-state index contributed by atoms with van der Waals surface area (Å²) in [6, 6.07) is -0.618. The summed E-state index contributed by atoms with van der Waals surface area (Å²) in [7, 11) is 5.53. The highest BCUT2D eigenvalue weighted by Gasteiger charge is 2.31. The first kappa shape index (κ1) is 59.0. The van der Waals surface area contributed by atoms with Gasteiger partial charge < -0.3 is 23.8 Å². The van der Waals surface area contributed by atoms with Crippen molar-refractivity contribution in [1.29, 1.82) is 0 Å². The molecule has 0 aliphatic rings. The van der Waals surface area contributed by atoms with Crippen LogP contribution in [0.2, 0.25) is 0 Å². The van der Waals surface area contributed by atoms with Crippen LogP contribution in [0.15, 0.2) is 60.8 Å². The molecule has 0 radical (unpaired) electrons. The fourth-order valence-electron chi connectivity index (χ4n) is 7.27. The molecule has 0 spiro atoms. The second kappa shape index (κ2) is 44.6. The average molecular weight is 871 g/mol. The molecular weight excluding hydrogens is 775 g/mol. The number of unbranched alkanes of at least 4 members (excludes halogenated alkanes) is 22. The van der Waals surface area contributed by atoms with Gasteiger partial charge in [-0.15, -0.1) is 0 Å². The lowest BCUT2D eigenvalue weighted by Crippen LogP contribution is -2.50. The number of carbonyl (C=O) groups is 3. The Labute approximate surface area is 381 Å². The van der Waals surface area contributed by atoms with Crippen LogP contribution in [-0.2, 0) is 28.6 Å². The van der Waals surface area contributed by atoms with Crippen molar-refractivity contribution in [3.05, 3.63) is 60.8 Å². The normalized spacial score (nSPS) is 13.4. The number of quaternary nitrogens is 1. The van der Waals surface area contributed by atoms with Gasteiger partial charge in [0.2, 0.25) is 0 Å². The van der Waals surface area contributed by atoms with E-state index in [2.05, 4.69) is 74.6 Å². The first-order chi connectivity index (χ1) is 30.1. The Morgan fingerprint density at radius 1 is 0.516 bits per heavy atom. The van der Waals surface area contributed by atoms with Gasteiger partial charge in [-0.25, -0.2) is 4.79 Å². The predicted octanol–water partition coefficient (Wildman–Crippen LogP) is 14.5. The highest BCUT2D eigenvalue weighted by atomic mass is 16.6. The molecule has 0 saturated heterocycles. The first-order valence-corrected chi connectivity index (χ1v) is 25.3. The Kier molecular flexibility index (Phi) is 42.5. The molecule has 0 aromatic carbocycles. The Hall–Kier alpha value is -2.97. The van der Waals surface area contributed by atoms with Crippen LogP contribution in [0.4, 0.5) is 0 Å². The Morgan fingerprint density at radius 2 is 0.952 bits per heavy atom. The van der Waals surface area contributed by atoms with Crippen LogP contribution in [0.5, 0.6) is 0 Å². The summed E-state index contributed by atoms with van der Waals surface area (Å²) in [5.74, 6) is -1.48. The number of ether oxygens (including phenoxy) is 3. The number of allylic oxidation sites excluding steroid dienone is 10. The third-order valence-corrected chi connectivity index (χ3v) is 11.2. The molecule has 1 N–H and O–H groups in total. The lowest BCUT2D eigenvalue weighted by atomic mass is 10.0. The third kappa shape index (κ3) is 42.3. The van der Waals surface area contributed by atoms with Crippen LogP contribution in [0.1, 0.15) is 213 Å². The van der Waals surface area contributed by atoms with Gasteiger partial charge in [0, 0.05) is 19.3 Å². The fraction of sp³-hybridized carbons (Fsp3) is 0.759. The monoisotopic (exact) mass is 871 g/mol. The van der Waals surface area contributed by atoms with E-state index in [1.54, 1.807) is 0 Å². The Balaban J connectivity index is 4.23. The van der Waals surface area contributed by atoms with Crippen LogP contribution in [0.25, 0.3) is 0 Å². The van der Waals surface area contributed by atoms with Crippen LogP contribution < -0.4 is 0 Å². The van der Waals surface area contributed by atoms with Gasteiger partial charge in [-0.05, 0) is 70.6 Å². The van der Waals surface area contributed by atoms with E-state index in [-0.39, 0.29) is 36.2 Å². The zero-order valence-corrected chi connectivity index (χ0v) is 40.8. The minimum absolute atomic E-state index is 0.0562. The molecule has 0 aromatic heterocycles. The van der Waals surface area contributed by atoms with Gasteiger partial charge in [0.15, 0.2) is 12.1 Å². The molecule has 0 rings (SSSR count). The van der Waals surface area contributed by atoms with E-state index in [4.69, 9.17) is 14.2 Å². The molecule has 0 heterocycles. The van der Waals surface area contributed by atoms with Crippen molar-refractivity contribution in [2.45, 2.75) is 225 Å². The fourth-order valence-corrected chi connectivity index (χ4v) is 7.27. The topological polar surface area (TPSA) is 99.1 Å². The van der Waals surface area contributed by atoms with Crippen molar-refractivity contribution in [3.8, 4) is 0 Å². The van der Waals surface area contributed by atoms with Crippen molar-refractivity contribution in [2.75, 3.05) is 41.0 Å². The van der Waals surface area contributed by atoms with E-state index in [1.165, 1.54) is 109 Å². The van der Waals surface area contributed by atoms with Crippen molar-refractivity contribution < 1.29 is 38.2 Å². The summed E-state index contributed by atoms with van der Waals surface area (Å²) in [4.78, 5) is 37.1. The van der Waals surface area contributed by atoms with E-state index in [0.29, 0.717) is 19.3 Å². The molecule has 2 unspecified atom stereocenters. The minimum atomic E-state index is -0.877. The number of hydrogen-bond acceptors (Lipinski definition) is 6. The standard InChI is InChI=1S/C54H95NO7/c1-6-8-10-12-14-16-18-20-22-23-24-25-26-27-28-29-31-33-35-37-39-41-43-45-53(57)62-50(48-60-47-46-51(54(58)59)55(3,4)5)49-61-52(56)44-42-40-38-36-34-32-30-21-19-17-15-13-11-9-7-2/h8,10,14-17,19-22,50-51H,6-7,9,11-13,18,23-49H2,1-5H3/p+1/b10-8+,16-14+,17-15+,21-19+,22-20+. The van der Waals surface area contributed by atoms with Gasteiger partial charge in [0.25, 0.3) is 0 Å². The smallest absolute Gasteiger partial charge is 0.362 e. The molecule has 0 aromatic rings. The van der Waals surface area contributed by atoms with Crippen LogP contribution in [-0.4, -0.2) is 80.6 Å². The molecule has 0 saturated carbocycles. The lowest BCUT2D eigenvalue weighted by molar-refractivity contribution is -0.887. The number of aliphatic carboxylic acids is 1. The summed E-state index contributed by atoms with van der Waals surface area (Å²) in [6.07, 6.45) is 55.5. The molecule has 0 bridgehead atoms. The van der Waals surface area contributed by atoms with Crippen LogP contribution in [0, 0.1) is 0 Å². The average Bonchev–Trinajstić information content (AvgIpc) is 3.23. The largest absolute Gasteiger partial charge is 0.477 e. The number of hydrogen-bond donors (Lipinski definition) is 1. The quantitative estimate of drug-likeness (QED) is 0.0214. The number of carbonyl (C=O) groups excluding carboxylic acids is 2. The van der Waals surface area contributed by atoms with Gasteiger partial charge in [0.1, 0.15) is 6.61 Å². The SMILES string of the molecule is CC/C=C/C/C=C/C/C=C/CCCCCCCCCCCCCCCC(=O)OC(COCCC(C(=O)O)[N+](C)(C)C)COC(=O)CCCCCCCC/C=C/C=C/CCCCC. The van der Waals surface area contributed by atoms with E-state index < -0.39 is 18.1 Å². The van der Waals surface area contributed by atoms with Crippen molar-refractivity contribution in [2.24, 2.45) is 0 Å². The van der Waals surface area contributed by atoms with Gasteiger partial charge in [-0.3, -0.25) is 9.59 Å². The zero-order valence-electron chi connectivity index (χ0n) is 40.8. The van der Waals surface area contributed by atoms with E-state index in [9.17, 15) is 19.5 Å². The summed E-state index contributed by atoms with van der Waals surface area (Å²) >= 11 is 0. The van der Waals surface area contributed by atoms with Crippen molar-refractivity contribution in [3.63, 3.8) is 0 Å². The molecule has 358 valence electrons.